The van der Waals surface area contributed by atoms with Crippen molar-refractivity contribution in [2.45, 2.75) is 59.9 Å². The Morgan fingerprint density at radius 3 is 2.76 bits per heavy atom. The van der Waals surface area contributed by atoms with Gasteiger partial charge in [-0.1, -0.05) is 25.4 Å². The maximum absolute atomic E-state index is 11.6. The number of hydrogen-bond acceptors (Lipinski definition) is 2. The Hall–Kier alpha value is -1.03. The van der Waals surface area contributed by atoms with Gasteiger partial charge in [0.1, 0.15) is 0 Å². The lowest BCUT2D eigenvalue weighted by Gasteiger charge is -2.39. The molecule has 0 aliphatic heterocycles. The van der Waals surface area contributed by atoms with Crippen LogP contribution < -0.4 is 0 Å². The predicted octanol–water partition coefficient (Wildman–Crippen LogP) is 3.93. The molecular formula is C16H25ClN2O2. The lowest BCUT2D eigenvalue weighted by atomic mass is 9.66. The van der Waals surface area contributed by atoms with Crippen LogP contribution in [-0.2, 0) is 17.8 Å². The summed E-state index contributed by atoms with van der Waals surface area (Å²) in [5, 5.41) is 14.6. The third kappa shape index (κ3) is 3.42. The van der Waals surface area contributed by atoms with Gasteiger partial charge in [0.15, 0.2) is 0 Å². The number of carboxylic acid groups (broad SMARTS) is 1. The fourth-order valence-electron chi connectivity index (χ4n) is 3.59. The summed E-state index contributed by atoms with van der Waals surface area (Å²) < 4.78 is 1.91. The average molecular weight is 313 g/mol. The Morgan fingerprint density at radius 2 is 2.19 bits per heavy atom. The van der Waals surface area contributed by atoms with Crippen molar-refractivity contribution in [3.05, 3.63) is 16.4 Å². The number of aryl methyl sites for hydroxylation is 2. The summed E-state index contributed by atoms with van der Waals surface area (Å²) in [5.74, 6) is -0.814. The van der Waals surface area contributed by atoms with Crippen LogP contribution >= 0.6 is 11.6 Å². The topological polar surface area (TPSA) is 55.1 Å². The standard InChI is InChI=1S/C16H25ClN2O2/c1-5-19-13(14(17)10(2)18-19)8-11-9-16(3,4)7-6-12(11)15(20)21/h11-12H,5-9H2,1-4H3,(H,20,21). The first-order chi connectivity index (χ1) is 9.75. The molecule has 1 aliphatic carbocycles. The second-order valence-corrected chi connectivity index (χ2v) is 7.36. The van der Waals surface area contributed by atoms with Gasteiger partial charge >= 0.3 is 5.97 Å². The first-order valence-corrected chi connectivity index (χ1v) is 8.07. The van der Waals surface area contributed by atoms with E-state index < -0.39 is 5.97 Å². The van der Waals surface area contributed by atoms with Gasteiger partial charge in [-0.15, -0.1) is 0 Å². The molecule has 1 heterocycles. The van der Waals surface area contributed by atoms with Crippen LogP contribution in [0.1, 0.15) is 51.4 Å². The second kappa shape index (κ2) is 5.99. The van der Waals surface area contributed by atoms with Crippen LogP contribution in [0.4, 0.5) is 0 Å². The van der Waals surface area contributed by atoms with E-state index in [0.29, 0.717) is 11.4 Å². The van der Waals surface area contributed by atoms with Gasteiger partial charge in [-0.3, -0.25) is 9.48 Å². The summed E-state index contributed by atoms with van der Waals surface area (Å²) in [7, 11) is 0. The third-order valence-electron chi connectivity index (χ3n) is 4.74. The van der Waals surface area contributed by atoms with Crippen LogP contribution in [0.2, 0.25) is 5.02 Å². The van der Waals surface area contributed by atoms with Gasteiger partial charge in [0, 0.05) is 6.54 Å². The summed E-state index contributed by atoms with van der Waals surface area (Å²) in [6.45, 7) is 9.14. The number of carboxylic acids is 1. The minimum atomic E-state index is -0.675. The monoisotopic (exact) mass is 312 g/mol. The molecule has 1 aromatic rings. The van der Waals surface area contributed by atoms with E-state index in [2.05, 4.69) is 18.9 Å². The molecule has 0 saturated heterocycles. The zero-order valence-corrected chi connectivity index (χ0v) is 14.1. The van der Waals surface area contributed by atoms with E-state index in [4.69, 9.17) is 11.6 Å². The minimum Gasteiger partial charge on any atom is -0.481 e. The van der Waals surface area contributed by atoms with Gasteiger partial charge in [0.25, 0.3) is 0 Å². The molecule has 0 aromatic carbocycles. The Morgan fingerprint density at radius 1 is 1.52 bits per heavy atom. The lowest BCUT2D eigenvalue weighted by molar-refractivity contribution is -0.146. The van der Waals surface area contributed by atoms with E-state index in [9.17, 15) is 9.90 Å². The third-order valence-corrected chi connectivity index (χ3v) is 5.23. The Kier molecular flexibility index (Phi) is 4.66. The molecule has 1 aromatic heterocycles. The van der Waals surface area contributed by atoms with Crippen molar-refractivity contribution in [3.8, 4) is 0 Å². The van der Waals surface area contributed by atoms with Crippen LogP contribution in [0.25, 0.3) is 0 Å². The highest BCUT2D eigenvalue weighted by molar-refractivity contribution is 6.31. The van der Waals surface area contributed by atoms with Crippen molar-refractivity contribution in [1.29, 1.82) is 0 Å². The van der Waals surface area contributed by atoms with E-state index in [1.54, 1.807) is 0 Å². The minimum absolute atomic E-state index is 0.130. The first kappa shape index (κ1) is 16.3. The molecule has 4 nitrogen and oxygen atoms in total. The zero-order chi connectivity index (χ0) is 15.8. The summed E-state index contributed by atoms with van der Waals surface area (Å²) in [6, 6.07) is 0. The number of aliphatic carboxylic acids is 1. The number of aromatic nitrogens is 2. The molecule has 5 heteroatoms. The number of nitrogens with zero attached hydrogens (tertiary/aromatic N) is 2. The smallest absolute Gasteiger partial charge is 0.306 e. The van der Waals surface area contributed by atoms with Gasteiger partial charge < -0.3 is 5.11 Å². The summed E-state index contributed by atoms with van der Waals surface area (Å²) in [5.41, 5.74) is 2.02. The molecule has 2 rings (SSSR count). The largest absolute Gasteiger partial charge is 0.481 e. The molecule has 118 valence electrons. The average Bonchev–Trinajstić information content (AvgIpc) is 2.65. The van der Waals surface area contributed by atoms with Gasteiger partial charge in [0.2, 0.25) is 0 Å². The number of carbonyl (C=O) groups is 1. The highest BCUT2D eigenvalue weighted by Gasteiger charge is 2.39. The number of halogens is 1. The normalized spacial score (nSPS) is 25.0. The van der Waals surface area contributed by atoms with Crippen LogP contribution in [0.15, 0.2) is 0 Å². The molecule has 0 amide bonds. The van der Waals surface area contributed by atoms with Crippen LogP contribution in [-0.4, -0.2) is 20.9 Å². The fraction of sp³-hybridized carbons (Fsp3) is 0.750. The van der Waals surface area contributed by atoms with E-state index in [-0.39, 0.29) is 17.3 Å². The van der Waals surface area contributed by atoms with Gasteiger partial charge in [-0.05, 0) is 50.9 Å². The molecule has 1 saturated carbocycles. The Balaban J connectivity index is 2.28. The van der Waals surface area contributed by atoms with Crippen molar-refractivity contribution in [3.63, 3.8) is 0 Å². The molecule has 2 unspecified atom stereocenters. The SMILES string of the molecule is CCn1nc(C)c(Cl)c1CC1CC(C)(C)CCC1C(=O)O. The Bertz CT molecular complexity index is 537. The predicted molar refractivity (Wildman–Crippen MR) is 83.6 cm³/mol. The van der Waals surface area contributed by atoms with Crippen molar-refractivity contribution >= 4 is 17.6 Å². The summed E-state index contributed by atoms with van der Waals surface area (Å²) in [4.78, 5) is 11.6. The number of rotatable bonds is 4. The van der Waals surface area contributed by atoms with Crippen molar-refractivity contribution < 1.29 is 9.90 Å². The van der Waals surface area contributed by atoms with E-state index >= 15 is 0 Å². The highest BCUT2D eigenvalue weighted by Crippen LogP contribution is 2.44. The maximum Gasteiger partial charge on any atom is 0.306 e. The molecule has 2 atom stereocenters. The van der Waals surface area contributed by atoms with Gasteiger partial charge in [-0.25, -0.2) is 0 Å². The second-order valence-electron chi connectivity index (χ2n) is 6.98. The Labute approximate surface area is 131 Å². The van der Waals surface area contributed by atoms with Crippen molar-refractivity contribution in [1.82, 2.24) is 9.78 Å². The summed E-state index contributed by atoms with van der Waals surface area (Å²) in [6.07, 6.45) is 3.35. The molecule has 0 radical (unpaired) electrons. The zero-order valence-electron chi connectivity index (χ0n) is 13.3. The highest BCUT2D eigenvalue weighted by atomic mass is 35.5. The molecular weight excluding hydrogens is 288 g/mol. The number of hydrogen-bond donors (Lipinski definition) is 1. The maximum atomic E-state index is 11.6. The molecule has 21 heavy (non-hydrogen) atoms. The molecule has 1 N–H and O–H groups in total. The van der Waals surface area contributed by atoms with Crippen LogP contribution in [0.3, 0.4) is 0 Å². The lowest BCUT2D eigenvalue weighted by Crippen LogP contribution is -2.35. The van der Waals surface area contributed by atoms with Gasteiger partial charge in [-0.2, -0.15) is 5.10 Å². The quantitative estimate of drug-likeness (QED) is 0.916. The van der Waals surface area contributed by atoms with E-state index in [1.165, 1.54) is 0 Å². The molecule has 1 fully saturated rings. The van der Waals surface area contributed by atoms with Gasteiger partial charge in [0.05, 0.1) is 22.3 Å². The van der Waals surface area contributed by atoms with Crippen molar-refractivity contribution in [2.75, 3.05) is 0 Å². The molecule has 0 spiro atoms. The fourth-order valence-corrected chi connectivity index (χ4v) is 3.80. The van der Waals surface area contributed by atoms with E-state index in [1.807, 2.05) is 18.5 Å². The van der Waals surface area contributed by atoms with Crippen LogP contribution in [0.5, 0.6) is 0 Å². The summed E-state index contributed by atoms with van der Waals surface area (Å²) >= 11 is 6.38. The molecule has 1 aliphatic rings. The first-order valence-electron chi connectivity index (χ1n) is 7.69. The van der Waals surface area contributed by atoms with E-state index in [0.717, 1.165) is 37.2 Å². The van der Waals surface area contributed by atoms with Crippen molar-refractivity contribution in [2.24, 2.45) is 17.3 Å². The van der Waals surface area contributed by atoms with Crippen LogP contribution in [0, 0.1) is 24.2 Å². The molecule has 0 bridgehead atoms.